The standard InChI is InChI=1S/C25H30N4O3/c1-5-25(6-2,23(31)26-7-3)24(32)28-21-22(30)29(4)19-16-12-11-15-18(19)20(27-21)17-13-9-8-10-14-17/h8-16,21H,5-7H2,1-4H3,(H,26,31)(H,28,32)/t21-/m1/s1. The molecule has 32 heavy (non-hydrogen) atoms. The average molecular weight is 435 g/mol. The molecule has 3 amide bonds. The molecule has 168 valence electrons. The Bertz CT molecular complexity index is 1030. The van der Waals surface area contributed by atoms with Gasteiger partial charge in [-0.15, -0.1) is 0 Å². The zero-order valence-corrected chi connectivity index (χ0v) is 19.0. The molecule has 0 aliphatic carbocycles. The van der Waals surface area contributed by atoms with Gasteiger partial charge in [0.25, 0.3) is 5.91 Å². The number of aliphatic imine (C=N–C) groups is 1. The van der Waals surface area contributed by atoms with E-state index in [1.165, 1.54) is 4.90 Å². The largest absolute Gasteiger partial charge is 0.355 e. The Morgan fingerprint density at radius 3 is 2.22 bits per heavy atom. The Hall–Kier alpha value is -3.48. The van der Waals surface area contributed by atoms with Crippen molar-refractivity contribution in [1.29, 1.82) is 0 Å². The first-order valence-electron chi connectivity index (χ1n) is 11.0. The number of carbonyl (C=O) groups excluding carboxylic acids is 3. The van der Waals surface area contributed by atoms with Gasteiger partial charge in [-0.1, -0.05) is 62.4 Å². The third kappa shape index (κ3) is 4.15. The summed E-state index contributed by atoms with van der Waals surface area (Å²) in [7, 11) is 1.67. The van der Waals surface area contributed by atoms with E-state index in [0.29, 0.717) is 30.8 Å². The molecule has 2 N–H and O–H groups in total. The van der Waals surface area contributed by atoms with Crippen LogP contribution in [0.2, 0.25) is 0 Å². The van der Waals surface area contributed by atoms with Crippen molar-refractivity contribution in [3.63, 3.8) is 0 Å². The molecule has 2 aromatic carbocycles. The van der Waals surface area contributed by atoms with Crippen molar-refractivity contribution in [1.82, 2.24) is 10.6 Å². The van der Waals surface area contributed by atoms with Crippen LogP contribution in [0.3, 0.4) is 0 Å². The van der Waals surface area contributed by atoms with Crippen molar-refractivity contribution < 1.29 is 14.4 Å². The van der Waals surface area contributed by atoms with E-state index in [9.17, 15) is 14.4 Å². The number of anilines is 1. The van der Waals surface area contributed by atoms with Crippen LogP contribution in [0.15, 0.2) is 59.6 Å². The maximum absolute atomic E-state index is 13.4. The molecule has 0 saturated heterocycles. The number of carbonyl (C=O) groups is 3. The number of hydrogen-bond donors (Lipinski definition) is 2. The topological polar surface area (TPSA) is 90.9 Å². The van der Waals surface area contributed by atoms with Gasteiger partial charge in [0.05, 0.1) is 11.4 Å². The quantitative estimate of drug-likeness (QED) is 0.657. The van der Waals surface area contributed by atoms with Gasteiger partial charge >= 0.3 is 0 Å². The lowest BCUT2D eigenvalue weighted by Crippen LogP contribution is -2.55. The van der Waals surface area contributed by atoms with Crippen molar-refractivity contribution in [3.8, 4) is 0 Å². The number of rotatable bonds is 7. The fourth-order valence-corrected chi connectivity index (χ4v) is 4.03. The Labute approximate surface area is 188 Å². The van der Waals surface area contributed by atoms with Gasteiger partial charge in [-0.3, -0.25) is 14.4 Å². The van der Waals surface area contributed by atoms with E-state index >= 15 is 0 Å². The minimum atomic E-state index is -1.27. The molecular weight excluding hydrogens is 404 g/mol. The van der Waals surface area contributed by atoms with Gasteiger partial charge in [0.1, 0.15) is 5.41 Å². The normalized spacial score (nSPS) is 16.0. The smallest absolute Gasteiger partial charge is 0.272 e. The second kappa shape index (κ2) is 9.77. The van der Waals surface area contributed by atoms with Gasteiger partial charge in [0, 0.05) is 24.7 Å². The molecule has 0 aromatic heterocycles. The van der Waals surface area contributed by atoms with Crippen molar-refractivity contribution in [2.75, 3.05) is 18.5 Å². The molecule has 2 aromatic rings. The van der Waals surface area contributed by atoms with Crippen LogP contribution in [0.1, 0.15) is 44.7 Å². The Kier molecular flexibility index (Phi) is 7.08. The average Bonchev–Trinajstić information content (AvgIpc) is 2.92. The fraction of sp³-hybridized carbons (Fsp3) is 0.360. The molecule has 7 nitrogen and oxygen atoms in total. The van der Waals surface area contributed by atoms with E-state index in [2.05, 4.69) is 10.6 Å². The maximum atomic E-state index is 13.4. The highest BCUT2D eigenvalue weighted by atomic mass is 16.2. The van der Waals surface area contributed by atoms with Crippen LogP contribution in [-0.2, 0) is 14.4 Å². The molecule has 0 saturated carbocycles. The fourth-order valence-electron chi connectivity index (χ4n) is 4.03. The summed E-state index contributed by atoms with van der Waals surface area (Å²) >= 11 is 0. The molecule has 1 aliphatic rings. The molecule has 0 radical (unpaired) electrons. The lowest BCUT2D eigenvalue weighted by atomic mass is 9.80. The van der Waals surface area contributed by atoms with Crippen LogP contribution in [0, 0.1) is 5.41 Å². The van der Waals surface area contributed by atoms with E-state index in [-0.39, 0.29) is 11.8 Å². The predicted molar refractivity (Wildman–Crippen MR) is 126 cm³/mol. The SMILES string of the molecule is CCNC(=O)C(CC)(CC)C(=O)N[C@H]1N=C(c2ccccc2)c2ccccc2N(C)C1=O. The van der Waals surface area contributed by atoms with Crippen LogP contribution < -0.4 is 15.5 Å². The summed E-state index contributed by atoms with van der Waals surface area (Å²) < 4.78 is 0. The number of benzene rings is 2. The predicted octanol–water partition coefficient (Wildman–Crippen LogP) is 2.89. The summed E-state index contributed by atoms with van der Waals surface area (Å²) in [5.41, 5.74) is 1.69. The van der Waals surface area contributed by atoms with Crippen LogP contribution in [0.25, 0.3) is 0 Å². The lowest BCUT2D eigenvalue weighted by Gasteiger charge is -2.30. The molecule has 0 fully saturated rings. The summed E-state index contributed by atoms with van der Waals surface area (Å²) in [6.45, 7) is 5.83. The van der Waals surface area contributed by atoms with Crippen molar-refractivity contribution in [2.24, 2.45) is 10.4 Å². The molecular formula is C25H30N4O3. The van der Waals surface area contributed by atoms with Crippen LogP contribution in [0.4, 0.5) is 5.69 Å². The van der Waals surface area contributed by atoms with Crippen molar-refractivity contribution >= 4 is 29.1 Å². The number of nitrogens with one attached hydrogen (secondary N) is 2. The molecule has 1 heterocycles. The molecule has 0 unspecified atom stereocenters. The number of likely N-dealkylation sites (N-methyl/N-ethyl adjacent to an activating group) is 1. The van der Waals surface area contributed by atoms with E-state index in [1.54, 1.807) is 20.9 Å². The highest BCUT2D eigenvalue weighted by molar-refractivity contribution is 6.20. The Morgan fingerprint density at radius 1 is 0.969 bits per heavy atom. The van der Waals surface area contributed by atoms with Crippen LogP contribution in [-0.4, -0.2) is 43.2 Å². The first-order valence-corrected chi connectivity index (χ1v) is 11.0. The summed E-state index contributed by atoms with van der Waals surface area (Å²) in [5.74, 6) is -1.21. The molecule has 0 spiro atoms. The minimum absolute atomic E-state index is 0.313. The Balaban J connectivity index is 2.07. The van der Waals surface area contributed by atoms with Crippen LogP contribution >= 0.6 is 0 Å². The second-order valence-electron chi connectivity index (χ2n) is 7.78. The highest BCUT2D eigenvalue weighted by Gasteiger charge is 2.44. The van der Waals surface area contributed by atoms with E-state index in [4.69, 9.17) is 4.99 Å². The molecule has 1 aliphatic heterocycles. The monoisotopic (exact) mass is 434 g/mol. The number of fused-ring (bicyclic) bond motifs is 1. The summed E-state index contributed by atoms with van der Waals surface area (Å²) in [5, 5.41) is 5.53. The van der Waals surface area contributed by atoms with Gasteiger partial charge in [-0.05, 0) is 25.8 Å². The number of nitrogens with zero attached hydrogens (tertiary/aromatic N) is 2. The first-order chi connectivity index (χ1) is 15.4. The highest BCUT2D eigenvalue weighted by Crippen LogP contribution is 2.30. The summed E-state index contributed by atoms with van der Waals surface area (Å²) in [6, 6.07) is 17.1. The first kappa shape index (κ1) is 23.2. The second-order valence-corrected chi connectivity index (χ2v) is 7.78. The van der Waals surface area contributed by atoms with Gasteiger partial charge < -0.3 is 15.5 Å². The lowest BCUT2D eigenvalue weighted by molar-refractivity contribution is -0.145. The van der Waals surface area contributed by atoms with Crippen molar-refractivity contribution in [2.45, 2.75) is 39.8 Å². The molecule has 1 atom stereocenters. The van der Waals surface area contributed by atoms with E-state index in [0.717, 1.165) is 11.1 Å². The van der Waals surface area contributed by atoms with Gasteiger partial charge in [-0.2, -0.15) is 0 Å². The zero-order chi connectivity index (χ0) is 23.3. The summed E-state index contributed by atoms with van der Waals surface area (Å²) in [6.07, 6.45) is -0.525. The third-order valence-electron chi connectivity index (χ3n) is 6.07. The zero-order valence-electron chi connectivity index (χ0n) is 19.0. The molecule has 7 heteroatoms. The Morgan fingerprint density at radius 2 is 1.59 bits per heavy atom. The van der Waals surface area contributed by atoms with Gasteiger partial charge in [0.2, 0.25) is 18.0 Å². The molecule has 0 bridgehead atoms. The van der Waals surface area contributed by atoms with Crippen molar-refractivity contribution in [3.05, 3.63) is 65.7 Å². The number of hydrogen-bond acceptors (Lipinski definition) is 4. The van der Waals surface area contributed by atoms with E-state index < -0.39 is 17.5 Å². The van der Waals surface area contributed by atoms with Gasteiger partial charge in [-0.25, -0.2) is 4.99 Å². The van der Waals surface area contributed by atoms with Crippen LogP contribution in [0.5, 0.6) is 0 Å². The number of amides is 3. The molecule has 3 rings (SSSR count). The van der Waals surface area contributed by atoms with Gasteiger partial charge in [0.15, 0.2) is 0 Å². The third-order valence-corrected chi connectivity index (χ3v) is 6.07. The number of benzodiazepines with no additional fused rings is 1. The van der Waals surface area contributed by atoms with E-state index in [1.807, 2.05) is 61.5 Å². The number of para-hydroxylation sites is 1. The minimum Gasteiger partial charge on any atom is -0.355 e. The summed E-state index contributed by atoms with van der Waals surface area (Å²) in [4.78, 5) is 45.7. The maximum Gasteiger partial charge on any atom is 0.272 e.